The molecule has 1 aromatic rings. The number of pyridine rings is 1. The van der Waals surface area contributed by atoms with Crippen molar-refractivity contribution in [1.82, 2.24) is 4.98 Å². The highest BCUT2D eigenvalue weighted by Crippen LogP contribution is 2.25. The molecule has 1 N–H and O–H groups in total. The number of halogens is 1. The molecule has 0 aromatic carbocycles. The summed E-state index contributed by atoms with van der Waals surface area (Å²) in [4.78, 5) is 25.9. The first-order chi connectivity index (χ1) is 8.99. The van der Waals surface area contributed by atoms with E-state index in [0.29, 0.717) is 25.9 Å². The number of aromatic nitrogens is 1. The number of hydrogen-bond donors (Lipinski definition) is 1. The Morgan fingerprint density at radius 1 is 1.53 bits per heavy atom. The lowest BCUT2D eigenvalue weighted by molar-refractivity contribution is -0.385. The Morgan fingerprint density at radius 3 is 2.63 bits per heavy atom. The van der Waals surface area contributed by atoms with Crippen LogP contribution in [0.2, 0.25) is 0 Å². The second-order valence-electron chi connectivity index (χ2n) is 4.36. The van der Waals surface area contributed by atoms with Gasteiger partial charge in [-0.05, 0) is 12.8 Å². The predicted octanol–water partition coefficient (Wildman–Crippen LogP) is 1.43. The number of piperidine rings is 1. The molecule has 1 aromatic heterocycles. The molecule has 1 saturated heterocycles. The number of anilines is 1. The first-order valence-electron chi connectivity index (χ1n) is 5.76. The molecule has 0 unspecified atom stereocenters. The molecule has 1 aliphatic heterocycles. The molecule has 7 nitrogen and oxygen atoms in total. The van der Waals surface area contributed by atoms with Crippen LogP contribution in [0.4, 0.5) is 15.9 Å². The molecule has 0 radical (unpaired) electrons. The summed E-state index contributed by atoms with van der Waals surface area (Å²) >= 11 is 0. The summed E-state index contributed by atoms with van der Waals surface area (Å²) in [6.07, 6.45) is 1.82. The van der Waals surface area contributed by atoms with Crippen LogP contribution in [0, 0.1) is 21.8 Å². The van der Waals surface area contributed by atoms with E-state index in [1.54, 1.807) is 4.90 Å². The minimum atomic E-state index is -0.850. The van der Waals surface area contributed by atoms with Crippen LogP contribution in [-0.4, -0.2) is 34.1 Å². The summed E-state index contributed by atoms with van der Waals surface area (Å²) in [6, 6.07) is 0.825. The van der Waals surface area contributed by atoms with Gasteiger partial charge in [0.2, 0.25) is 0 Å². The Hall–Kier alpha value is -2.25. The third-order valence-corrected chi connectivity index (χ3v) is 3.16. The van der Waals surface area contributed by atoms with Crippen molar-refractivity contribution in [2.75, 3.05) is 18.0 Å². The lowest BCUT2D eigenvalue weighted by atomic mass is 9.97. The van der Waals surface area contributed by atoms with Crippen LogP contribution in [-0.2, 0) is 4.79 Å². The highest BCUT2D eigenvalue weighted by Gasteiger charge is 2.27. The van der Waals surface area contributed by atoms with Crippen molar-refractivity contribution in [2.45, 2.75) is 12.8 Å². The average Bonchev–Trinajstić information content (AvgIpc) is 2.38. The van der Waals surface area contributed by atoms with Crippen molar-refractivity contribution >= 4 is 17.5 Å². The number of nitro groups is 1. The molecule has 0 aliphatic carbocycles. The summed E-state index contributed by atoms with van der Waals surface area (Å²) in [7, 11) is 0. The van der Waals surface area contributed by atoms with E-state index in [1.165, 1.54) is 0 Å². The Kier molecular flexibility index (Phi) is 3.59. The van der Waals surface area contributed by atoms with Crippen LogP contribution in [0.5, 0.6) is 0 Å². The lowest BCUT2D eigenvalue weighted by Crippen LogP contribution is -2.37. The average molecular weight is 269 g/mol. The molecule has 0 saturated carbocycles. The fourth-order valence-electron chi connectivity index (χ4n) is 2.09. The van der Waals surface area contributed by atoms with Crippen molar-refractivity contribution in [3.63, 3.8) is 0 Å². The zero-order valence-electron chi connectivity index (χ0n) is 9.95. The van der Waals surface area contributed by atoms with E-state index in [2.05, 4.69) is 4.98 Å². The Labute approximate surface area is 107 Å². The quantitative estimate of drug-likeness (QED) is 0.658. The number of aliphatic carboxylic acids is 1. The Morgan fingerprint density at radius 2 is 2.16 bits per heavy atom. The molecule has 2 heterocycles. The number of hydrogen-bond acceptors (Lipinski definition) is 5. The van der Waals surface area contributed by atoms with Crippen LogP contribution >= 0.6 is 0 Å². The van der Waals surface area contributed by atoms with Crippen molar-refractivity contribution in [1.29, 1.82) is 0 Å². The zero-order valence-corrected chi connectivity index (χ0v) is 9.95. The predicted molar refractivity (Wildman–Crippen MR) is 63.4 cm³/mol. The number of carboxylic acid groups (broad SMARTS) is 1. The van der Waals surface area contributed by atoms with Crippen LogP contribution in [0.3, 0.4) is 0 Å². The van der Waals surface area contributed by atoms with E-state index in [0.717, 1.165) is 12.3 Å². The van der Waals surface area contributed by atoms with Crippen LogP contribution in [0.15, 0.2) is 12.3 Å². The number of nitrogens with zero attached hydrogens (tertiary/aromatic N) is 3. The Bertz CT molecular complexity index is 515. The van der Waals surface area contributed by atoms with Gasteiger partial charge in [-0.2, -0.15) is 0 Å². The highest BCUT2D eigenvalue weighted by atomic mass is 19.1. The summed E-state index contributed by atoms with van der Waals surface area (Å²) < 4.78 is 13.7. The van der Waals surface area contributed by atoms with Crippen molar-refractivity contribution in [2.24, 2.45) is 5.92 Å². The number of carbonyl (C=O) groups is 1. The van der Waals surface area contributed by atoms with Gasteiger partial charge in [0.1, 0.15) is 6.20 Å². The monoisotopic (exact) mass is 269 g/mol. The largest absolute Gasteiger partial charge is 0.481 e. The standard InChI is InChI=1S/C11H12FN3O4/c12-9-5-8(15(18)19)6-13-10(9)14-3-1-7(2-4-14)11(16)17/h5-7H,1-4H2,(H,16,17). The van der Waals surface area contributed by atoms with Crippen LogP contribution in [0.25, 0.3) is 0 Å². The fraction of sp³-hybridized carbons (Fsp3) is 0.455. The summed E-state index contributed by atoms with van der Waals surface area (Å²) in [5, 5.41) is 19.3. The van der Waals surface area contributed by atoms with E-state index in [9.17, 15) is 19.3 Å². The second-order valence-corrected chi connectivity index (χ2v) is 4.36. The van der Waals surface area contributed by atoms with Gasteiger partial charge < -0.3 is 10.0 Å². The molecule has 0 amide bonds. The first-order valence-corrected chi connectivity index (χ1v) is 5.76. The molecule has 0 bridgehead atoms. The van der Waals surface area contributed by atoms with Gasteiger partial charge in [-0.1, -0.05) is 0 Å². The van der Waals surface area contributed by atoms with Gasteiger partial charge in [-0.15, -0.1) is 0 Å². The summed E-state index contributed by atoms with van der Waals surface area (Å²) in [5.41, 5.74) is -0.401. The highest BCUT2D eigenvalue weighted by molar-refractivity contribution is 5.70. The van der Waals surface area contributed by atoms with Gasteiger partial charge in [-0.3, -0.25) is 14.9 Å². The molecule has 19 heavy (non-hydrogen) atoms. The topological polar surface area (TPSA) is 96.6 Å². The maximum Gasteiger partial charge on any atom is 0.306 e. The minimum Gasteiger partial charge on any atom is -0.481 e. The summed E-state index contributed by atoms with van der Waals surface area (Å²) in [5.74, 6) is -1.99. The van der Waals surface area contributed by atoms with E-state index in [-0.39, 0.29) is 5.82 Å². The second kappa shape index (κ2) is 5.17. The lowest BCUT2D eigenvalue weighted by Gasteiger charge is -2.30. The third kappa shape index (κ3) is 2.78. The molecule has 0 atom stereocenters. The van der Waals surface area contributed by atoms with E-state index in [4.69, 9.17) is 5.11 Å². The van der Waals surface area contributed by atoms with Gasteiger partial charge in [0, 0.05) is 13.1 Å². The van der Waals surface area contributed by atoms with E-state index >= 15 is 0 Å². The number of carboxylic acids is 1. The molecular formula is C11H12FN3O4. The molecule has 2 rings (SSSR count). The van der Waals surface area contributed by atoms with E-state index in [1.807, 2.05) is 0 Å². The number of rotatable bonds is 3. The third-order valence-electron chi connectivity index (χ3n) is 3.16. The normalized spacial score (nSPS) is 16.4. The smallest absolute Gasteiger partial charge is 0.306 e. The first kappa shape index (κ1) is 13.2. The van der Waals surface area contributed by atoms with Crippen molar-refractivity contribution < 1.29 is 19.2 Å². The van der Waals surface area contributed by atoms with Crippen molar-refractivity contribution in [3.05, 3.63) is 28.2 Å². The van der Waals surface area contributed by atoms with Gasteiger partial charge in [0.05, 0.1) is 16.9 Å². The maximum absolute atomic E-state index is 13.7. The summed E-state index contributed by atoms with van der Waals surface area (Å²) in [6.45, 7) is 0.747. The van der Waals surface area contributed by atoms with Gasteiger partial charge in [-0.25, -0.2) is 9.37 Å². The molecule has 1 aliphatic rings. The van der Waals surface area contributed by atoms with Crippen molar-refractivity contribution in [3.8, 4) is 0 Å². The SMILES string of the molecule is O=C(O)C1CCN(c2ncc([N+](=O)[O-])cc2F)CC1. The molecule has 0 spiro atoms. The van der Waals surface area contributed by atoms with Crippen LogP contribution in [0.1, 0.15) is 12.8 Å². The van der Waals surface area contributed by atoms with E-state index < -0.39 is 28.3 Å². The van der Waals surface area contributed by atoms with Gasteiger partial charge in [0.25, 0.3) is 5.69 Å². The maximum atomic E-state index is 13.7. The molecule has 8 heteroatoms. The zero-order chi connectivity index (χ0) is 14.0. The van der Waals surface area contributed by atoms with Gasteiger partial charge >= 0.3 is 5.97 Å². The molecule has 102 valence electrons. The minimum absolute atomic E-state index is 0.0365. The fourth-order valence-corrected chi connectivity index (χ4v) is 2.09. The van der Waals surface area contributed by atoms with Gasteiger partial charge in [0.15, 0.2) is 11.6 Å². The van der Waals surface area contributed by atoms with Crippen LogP contribution < -0.4 is 4.90 Å². The molecular weight excluding hydrogens is 257 g/mol. The Balaban J connectivity index is 2.11. The molecule has 1 fully saturated rings.